The average molecular weight is 509 g/mol. The molecule has 1 saturated heterocycles. The van der Waals surface area contributed by atoms with E-state index in [9.17, 15) is 4.39 Å². The maximum Gasteiger partial charge on any atom is 0.178 e. The van der Waals surface area contributed by atoms with Crippen molar-refractivity contribution in [2.45, 2.75) is 19.4 Å². The van der Waals surface area contributed by atoms with Crippen molar-refractivity contribution in [1.82, 2.24) is 40.0 Å². The zero-order valence-electron chi connectivity index (χ0n) is 20.2. The summed E-state index contributed by atoms with van der Waals surface area (Å²) in [6.07, 6.45) is 9.06. The molecule has 0 radical (unpaired) electrons. The van der Waals surface area contributed by atoms with Crippen LogP contribution >= 0.6 is 0 Å². The van der Waals surface area contributed by atoms with Crippen LogP contribution in [-0.2, 0) is 6.54 Å². The van der Waals surface area contributed by atoms with Gasteiger partial charge in [-0.2, -0.15) is 5.10 Å². The van der Waals surface area contributed by atoms with Gasteiger partial charge < -0.3 is 4.98 Å². The number of hydrogen-bond donors (Lipinski definition) is 2. The first kappa shape index (κ1) is 22.6. The van der Waals surface area contributed by atoms with Crippen LogP contribution in [0.2, 0.25) is 0 Å². The number of hydrogen-bond acceptors (Lipinski definition) is 6. The summed E-state index contributed by atoms with van der Waals surface area (Å²) in [7, 11) is 0. The lowest BCUT2D eigenvalue weighted by Gasteiger charge is -2.14. The topological polar surface area (TPSA) is 99.3 Å². The van der Waals surface area contributed by atoms with Gasteiger partial charge in [0, 0.05) is 36.3 Å². The number of fused-ring (bicyclic) bond motifs is 2. The van der Waals surface area contributed by atoms with Crippen molar-refractivity contribution in [2.75, 3.05) is 13.1 Å². The Morgan fingerprint density at radius 1 is 0.895 bits per heavy atom. The van der Waals surface area contributed by atoms with Crippen LogP contribution in [-0.4, -0.2) is 53.1 Å². The van der Waals surface area contributed by atoms with E-state index in [2.05, 4.69) is 40.0 Å². The number of aromatic amines is 2. The van der Waals surface area contributed by atoms with Crippen LogP contribution in [0.1, 0.15) is 18.4 Å². The number of pyridine rings is 3. The van der Waals surface area contributed by atoms with Crippen molar-refractivity contribution in [2.24, 2.45) is 0 Å². The Morgan fingerprint density at radius 3 is 2.58 bits per heavy atom. The van der Waals surface area contributed by atoms with Gasteiger partial charge in [-0.3, -0.25) is 20.0 Å². The van der Waals surface area contributed by atoms with Gasteiger partial charge in [0.2, 0.25) is 0 Å². The van der Waals surface area contributed by atoms with E-state index >= 15 is 4.39 Å². The number of halogens is 2. The summed E-state index contributed by atoms with van der Waals surface area (Å²) in [5.74, 6) is -0.451. The first-order valence-corrected chi connectivity index (χ1v) is 12.4. The second-order valence-electron chi connectivity index (χ2n) is 9.50. The predicted octanol–water partition coefficient (Wildman–Crippen LogP) is 5.50. The van der Waals surface area contributed by atoms with Crippen molar-refractivity contribution in [3.8, 4) is 33.9 Å². The van der Waals surface area contributed by atoms with Crippen LogP contribution in [0.4, 0.5) is 8.78 Å². The van der Waals surface area contributed by atoms with Crippen LogP contribution in [0, 0.1) is 11.6 Å². The van der Waals surface area contributed by atoms with E-state index in [1.54, 1.807) is 30.7 Å². The number of rotatable bonds is 5. The maximum absolute atomic E-state index is 16.1. The molecule has 0 spiro atoms. The number of nitrogens with one attached hydrogen (secondary N) is 2. The fraction of sp³-hybridized carbons (Fsp3) is 0.179. The molecule has 188 valence electrons. The third-order valence-corrected chi connectivity index (χ3v) is 6.99. The van der Waals surface area contributed by atoms with Gasteiger partial charge in [0.05, 0.1) is 22.6 Å². The molecule has 0 atom stereocenters. The minimum absolute atomic E-state index is 0.206. The second-order valence-corrected chi connectivity index (χ2v) is 9.50. The number of H-pyrrole nitrogens is 2. The van der Waals surface area contributed by atoms with Gasteiger partial charge >= 0.3 is 0 Å². The lowest BCUT2D eigenvalue weighted by atomic mass is 10.1. The zero-order valence-corrected chi connectivity index (χ0v) is 20.2. The minimum atomic E-state index is -0.501. The lowest BCUT2D eigenvalue weighted by molar-refractivity contribution is 0.331. The number of nitrogens with zero attached hydrogens (tertiary/aromatic N) is 6. The molecule has 2 N–H and O–H groups in total. The Balaban J connectivity index is 1.31. The number of likely N-dealkylation sites (tertiary alicyclic amines) is 1. The average Bonchev–Trinajstić information content (AvgIpc) is 3.69. The van der Waals surface area contributed by atoms with Gasteiger partial charge in [-0.25, -0.2) is 18.7 Å². The van der Waals surface area contributed by atoms with Crippen LogP contribution < -0.4 is 0 Å². The summed E-state index contributed by atoms with van der Waals surface area (Å²) in [6, 6.07) is 9.96. The summed E-state index contributed by atoms with van der Waals surface area (Å²) in [5.41, 5.74) is 5.33. The van der Waals surface area contributed by atoms with E-state index in [1.165, 1.54) is 25.0 Å². The summed E-state index contributed by atoms with van der Waals surface area (Å²) < 4.78 is 29.5. The first-order valence-electron chi connectivity index (χ1n) is 12.4. The summed E-state index contributed by atoms with van der Waals surface area (Å²) in [5, 5.41) is 7.50. The fourth-order valence-electron chi connectivity index (χ4n) is 5.14. The molecule has 6 heterocycles. The van der Waals surface area contributed by atoms with Gasteiger partial charge in [-0.05, 0) is 61.3 Å². The third kappa shape index (κ3) is 3.90. The van der Waals surface area contributed by atoms with Crippen molar-refractivity contribution >= 4 is 22.1 Å². The molecule has 0 saturated carbocycles. The molecule has 0 bridgehead atoms. The molecule has 7 rings (SSSR count). The highest BCUT2D eigenvalue weighted by Gasteiger charge is 2.22. The van der Waals surface area contributed by atoms with E-state index in [0.29, 0.717) is 33.8 Å². The first-order chi connectivity index (χ1) is 18.6. The number of aromatic nitrogens is 7. The van der Waals surface area contributed by atoms with Crippen LogP contribution in [0.15, 0.2) is 61.2 Å². The molecule has 0 aliphatic carbocycles. The molecular formula is C28H22F2N8. The summed E-state index contributed by atoms with van der Waals surface area (Å²) in [6.45, 7) is 2.91. The van der Waals surface area contributed by atoms with E-state index in [1.807, 2.05) is 18.3 Å². The highest BCUT2D eigenvalue weighted by molar-refractivity contribution is 5.97. The van der Waals surface area contributed by atoms with Crippen LogP contribution in [0.3, 0.4) is 0 Å². The van der Waals surface area contributed by atoms with Gasteiger partial charge in [0.25, 0.3) is 0 Å². The summed E-state index contributed by atoms with van der Waals surface area (Å²) >= 11 is 0. The summed E-state index contributed by atoms with van der Waals surface area (Å²) in [4.78, 5) is 23.3. The molecule has 1 fully saturated rings. The van der Waals surface area contributed by atoms with E-state index in [-0.39, 0.29) is 16.9 Å². The Hall–Kier alpha value is -4.57. The quantitative estimate of drug-likeness (QED) is 0.319. The van der Waals surface area contributed by atoms with E-state index in [4.69, 9.17) is 0 Å². The smallest absolute Gasteiger partial charge is 0.178 e. The Kier molecular flexibility index (Phi) is 5.40. The molecule has 0 amide bonds. The Morgan fingerprint density at radius 2 is 1.74 bits per heavy atom. The monoisotopic (exact) mass is 508 g/mol. The minimum Gasteiger partial charge on any atom is -0.335 e. The lowest BCUT2D eigenvalue weighted by Crippen LogP contribution is -2.18. The highest BCUT2D eigenvalue weighted by Crippen LogP contribution is 2.34. The molecule has 0 unspecified atom stereocenters. The standard InChI is InChI=1S/C28H22F2N8/c29-19-5-3-17(4-6-19)20-7-8-32-27-25(20)34-28(35-27)26-22-21(36-37-26)14-33-24(23(22)30)18-11-16(12-31-13-18)15-38-9-1-2-10-38/h3-8,11-14H,1-2,9-10,15H2,(H,36,37)(H,32,34,35). The fourth-order valence-corrected chi connectivity index (χ4v) is 5.14. The Bertz CT molecular complexity index is 1780. The van der Waals surface area contributed by atoms with Gasteiger partial charge in [-0.15, -0.1) is 0 Å². The van der Waals surface area contributed by atoms with Crippen LogP contribution in [0.5, 0.6) is 0 Å². The number of imidazole rings is 1. The highest BCUT2D eigenvalue weighted by atomic mass is 19.1. The predicted molar refractivity (Wildman–Crippen MR) is 140 cm³/mol. The molecule has 10 heteroatoms. The molecule has 1 aliphatic rings. The third-order valence-electron chi connectivity index (χ3n) is 6.99. The van der Waals surface area contributed by atoms with Gasteiger partial charge in [0.15, 0.2) is 17.3 Å². The Labute approximate surface area is 215 Å². The molecular weight excluding hydrogens is 486 g/mol. The van der Waals surface area contributed by atoms with Gasteiger partial charge in [0.1, 0.15) is 17.2 Å². The maximum atomic E-state index is 16.1. The molecule has 8 nitrogen and oxygen atoms in total. The number of benzene rings is 1. The van der Waals surface area contributed by atoms with Crippen LogP contribution in [0.25, 0.3) is 56.0 Å². The SMILES string of the molecule is Fc1ccc(-c2ccnc3nc(-c4n[nH]c5cnc(-c6cncc(CN7CCCC7)c6)c(F)c45)[nH]c23)cc1. The van der Waals surface area contributed by atoms with Crippen molar-refractivity contribution in [1.29, 1.82) is 0 Å². The van der Waals surface area contributed by atoms with Gasteiger partial charge in [-0.1, -0.05) is 12.1 Å². The van der Waals surface area contributed by atoms with E-state index in [0.717, 1.165) is 36.3 Å². The molecule has 6 aromatic rings. The second kappa shape index (κ2) is 9.07. The zero-order chi connectivity index (χ0) is 25.6. The van der Waals surface area contributed by atoms with E-state index < -0.39 is 5.82 Å². The molecule has 5 aromatic heterocycles. The van der Waals surface area contributed by atoms with Crippen molar-refractivity contribution in [3.05, 3.63) is 78.4 Å². The van der Waals surface area contributed by atoms with Crippen molar-refractivity contribution in [3.63, 3.8) is 0 Å². The molecule has 1 aliphatic heterocycles. The molecule has 1 aromatic carbocycles. The normalized spacial score (nSPS) is 14.2. The van der Waals surface area contributed by atoms with Crippen molar-refractivity contribution < 1.29 is 8.78 Å². The molecule has 38 heavy (non-hydrogen) atoms. The largest absolute Gasteiger partial charge is 0.335 e.